The molecule has 0 bridgehead atoms. The highest BCUT2D eigenvalue weighted by Crippen LogP contribution is 2.28. The first-order valence-electron chi connectivity index (χ1n) is 6.53. The molecule has 1 aromatic heterocycles. The summed E-state index contributed by atoms with van der Waals surface area (Å²) < 4.78 is 0. The van der Waals surface area contributed by atoms with Crippen LogP contribution in [0.2, 0.25) is 0 Å². The van der Waals surface area contributed by atoms with E-state index in [-0.39, 0.29) is 12.6 Å². The van der Waals surface area contributed by atoms with E-state index in [1.165, 1.54) is 10.9 Å². The van der Waals surface area contributed by atoms with Crippen molar-refractivity contribution in [3.8, 4) is 0 Å². The van der Waals surface area contributed by atoms with Crippen LogP contribution >= 0.6 is 0 Å². The molecule has 1 aliphatic rings. The number of benzene rings is 1. The maximum atomic E-state index is 9.43. The molecule has 2 heterocycles. The van der Waals surface area contributed by atoms with Crippen molar-refractivity contribution in [2.75, 3.05) is 18.1 Å². The predicted molar refractivity (Wildman–Crippen MR) is 73.9 cm³/mol. The Bertz CT molecular complexity index is 567. The summed E-state index contributed by atoms with van der Waals surface area (Å²) in [5.74, 6) is 1.03. The summed E-state index contributed by atoms with van der Waals surface area (Å²) in [5, 5.41) is 10.6. The van der Waals surface area contributed by atoms with Gasteiger partial charge in [0.2, 0.25) is 0 Å². The summed E-state index contributed by atoms with van der Waals surface area (Å²) in [6, 6.07) is 10.6. The number of nitrogens with zero attached hydrogens (tertiary/aromatic N) is 2. The molecule has 1 N–H and O–H groups in total. The Labute approximate surface area is 107 Å². The lowest BCUT2D eigenvalue weighted by molar-refractivity contribution is 0.266. The molecule has 1 unspecified atom stereocenters. The van der Waals surface area contributed by atoms with Gasteiger partial charge in [-0.2, -0.15) is 0 Å². The molecule has 1 fully saturated rings. The molecular formula is C15H18N2O. The lowest BCUT2D eigenvalue weighted by Crippen LogP contribution is -2.33. The molecular weight excluding hydrogens is 224 g/mol. The van der Waals surface area contributed by atoms with Crippen LogP contribution in [0.1, 0.15) is 18.4 Å². The van der Waals surface area contributed by atoms with Gasteiger partial charge in [-0.25, -0.2) is 4.98 Å². The van der Waals surface area contributed by atoms with Crippen LogP contribution in [0.25, 0.3) is 10.9 Å². The second kappa shape index (κ2) is 4.58. The van der Waals surface area contributed by atoms with Crippen molar-refractivity contribution in [1.29, 1.82) is 0 Å². The molecule has 3 rings (SSSR count). The summed E-state index contributed by atoms with van der Waals surface area (Å²) in [6.07, 6.45) is 2.20. The Morgan fingerprint density at radius 2 is 2.22 bits per heavy atom. The van der Waals surface area contributed by atoms with E-state index in [0.717, 1.165) is 30.7 Å². The number of aliphatic hydroxyl groups is 1. The summed E-state index contributed by atoms with van der Waals surface area (Å²) in [5.41, 5.74) is 2.22. The van der Waals surface area contributed by atoms with Crippen molar-refractivity contribution >= 4 is 16.7 Å². The highest BCUT2D eigenvalue weighted by molar-refractivity contribution is 5.81. The minimum atomic E-state index is 0.216. The van der Waals surface area contributed by atoms with Crippen molar-refractivity contribution in [3.05, 3.63) is 35.9 Å². The monoisotopic (exact) mass is 242 g/mol. The largest absolute Gasteiger partial charge is 0.394 e. The number of hydrogen-bond acceptors (Lipinski definition) is 3. The van der Waals surface area contributed by atoms with Crippen LogP contribution in [-0.4, -0.2) is 29.3 Å². The average Bonchev–Trinajstić information content (AvgIpc) is 2.86. The highest BCUT2D eigenvalue weighted by atomic mass is 16.3. The third-order valence-corrected chi connectivity index (χ3v) is 3.75. The number of aliphatic hydroxyl groups excluding tert-OH is 1. The van der Waals surface area contributed by atoms with Crippen LogP contribution in [-0.2, 0) is 0 Å². The summed E-state index contributed by atoms with van der Waals surface area (Å²) >= 11 is 0. The first-order valence-corrected chi connectivity index (χ1v) is 6.53. The fraction of sp³-hybridized carbons (Fsp3) is 0.400. The standard InChI is InChI=1S/C15H18N2O/c1-11-9-12-5-2-3-7-14(12)16-15(11)17-8-4-6-13(17)10-18/h2-3,5,7,9,13,18H,4,6,8,10H2,1H3. The van der Waals surface area contributed by atoms with Gasteiger partial charge in [-0.05, 0) is 37.5 Å². The van der Waals surface area contributed by atoms with E-state index in [2.05, 4.69) is 24.0 Å². The molecule has 1 aliphatic heterocycles. The molecule has 0 radical (unpaired) electrons. The van der Waals surface area contributed by atoms with Crippen LogP contribution < -0.4 is 4.90 Å². The molecule has 1 aromatic carbocycles. The molecule has 0 aliphatic carbocycles. The van der Waals surface area contributed by atoms with Crippen molar-refractivity contribution < 1.29 is 5.11 Å². The van der Waals surface area contributed by atoms with Gasteiger partial charge in [0.25, 0.3) is 0 Å². The van der Waals surface area contributed by atoms with Crippen LogP contribution in [0.4, 0.5) is 5.82 Å². The number of rotatable bonds is 2. The first kappa shape index (κ1) is 11.5. The fourth-order valence-electron chi connectivity index (χ4n) is 2.81. The molecule has 0 spiro atoms. The van der Waals surface area contributed by atoms with Crippen molar-refractivity contribution in [3.63, 3.8) is 0 Å². The topological polar surface area (TPSA) is 36.4 Å². The van der Waals surface area contributed by atoms with Crippen LogP contribution in [0.15, 0.2) is 30.3 Å². The number of fused-ring (bicyclic) bond motifs is 1. The van der Waals surface area contributed by atoms with Crippen molar-refractivity contribution in [2.24, 2.45) is 0 Å². The number of hydrogen-bond donors (Lipinski definition) is 1. The molecule has 3 nitrogen and oxygen atoms in total. The molecule has 3 heteroatoms. The van der Waals surface area contributed by atoms with Crippen molar-refractivity contribution in [2.45, 2.75) is 25.8 Å². The zero-order chi connectivity index (χ0) is 12.5. The zero-order valence-electron chi connectivity index (χ0n) is 10.6. The van der Waals surface area contributed by atoms with E-state index < -0.39 is 0 Å². The lowest BCUT2D eigenvalue weighted by atomic mass is 10.1. The van der Waals surface area contributed by atoms with Gasteiger partial charge in [0.15, 0.2) is 0 Å². The third kappa shape index (κ3) is 1.85. The number of aryl methyl sites for hydroxylation is 1. The normalized spacial score (nSPS) is 19.7. The Balaban J connectivity index is 2.08. The molecule has 18 heavy (non-hydrogen) atoms. The minimum Gasteiger partial charge on any atom is -0.394 e. The zero-order valence-corrected chi connectivity index (χ0v) is 10.6. The van der Waals surface area contributed by atoms with E-state index in [1.54, 1.807) is 0 Å². The Hall–Kier alpha value is -1.61. The number of pyridine rings is 1. The van der Waals surface area contributed by atoms with Gasteiger partial charge in [0, 0.05) is 11.9 Å². The van der Waals surface area contributed by atoms with Gasteiger partial charge in [-0.1, -0.05) is 18.2 Å². The van der Waals surface area contributed by atoms with Crippen LogP contribution in [0, 0.1) is 6.92 Å². The second-order valence-electron chi connectivity index (χ2n) is 4.99. The predicted octanol–water partition coefficient (Wildman–Crippen LogP) is 2.50. The van der Waals surface area contributed by atoms with Crippen LogP contribution in [0.5, 0.6) is 0 Å². The van der Waals surface area contributed by atoms with E-state index in [1.807, 2.05) is 18.2 Å². The molecule has 2 aromatic rings. The van der Waals surface area contributed by atoms with Crippen LogP contribution in [0.3, 0.4) is 0 Å². The van der Waals surface area contributed by atoms with Gasteiger partial charge < -0.3 is 10.0 Å². The smallest absolute Gasteiger partial charge is 0.132 e. The maximum Gasteiger partial charge on any atom is 0.132 e. The van der Waals surface area contributed by atoms with Crippen molar-refractivity contribution in [1.82, 2.24) is 4.98 Å². The fourth-order valence-corrected chi connectivity index (χ4v) is 2.81. The van der Waals surface area contributed by atoms with E-state index in [4.69, 9.17) is 4.98 Å². The lowest BCUT2D eigenvalue weighted by Gasteiger charge is -2.26. The Morgan fingerprint density at radius 3 is 3.06 bits per heavy atom. The van der Waals surface area contributed by atoms with E-state index >= 15 is 0 Å². The Morgan fingerprint density at radius 1 is 1.39 bits per heavy atom. The molecule has 94 valence electrons. The van der Waals surface area contributed by atoms with Gasteiger partial charge in [-0.3, -0.25) is 0 Å². The average molecular weight is 242 g/mol. The molecule has 0 saturated carbocycles. The third-order valence-electron chi connectivity index (χ3n) is 3.75. The minimum absolute atomic E-state index is 0.216. The van der Waals surface area contributed by atoms with E-state index in [9.17, 15) is 5.11 Å². The molecule has 1 atom stereocenters. The number of anilines is 1. The first-order chi connectivity index (χ1) is 8.79. The maximum absolute atomic E-state index is 9.43. The van der Waals surface area contributed by atoms with Gasteiger partial charge in [0.1, 0.15) is 5.82 Å². The quantitative estimate of drug-likeness (QED) is 0.879. The summed E-state index contributed by atoms with van der Waals surface area (Å²) in [6.45, 7) is 3.31. The Kier molecular flexibility index (Phi) is 2.92. The summed E-state index contributed by atoms with van der Waals surface area (Å²) in [4.78, 5) is 7.02. The SMILES string of the molecule is Cc1cc2ccccc2nc1N1CCCC1CO. The number of aromatic nitrogens is 1. The van der Waals surface area contributed by atoms with Gasteiger partial charge in [0.05, 0.1) is 18.2 Å². The molecule has 0 amide bonds. The molecule has 1 saturated heterocycles. The van der Waals surface area contributed by atoms with E-state index in [0.29, 0.717) is 0 Å². The summed E-state index contributed by atoms with van der Waals surface area (Å²) in [7, 11) is 0. The number of para-hydroxylation sites is 1. The van der Waals surface area contributed by atoms with Gasteiger partial charge >= 0.3 is 0 Å². The highest BCUT2D eigenvalue weighted by Gasteiger charge is 2.26. The second-order valence-corrected chi connectivity index (χ2v) is 4.99. The van der Waals surface area contributed by atoms with Gasteiger partial charge in [-0.15, -0.1) is 0 Å².